The van der Waals surface area contributed by atoms with Crippen molar-refractivity contribution in [3.63, 3.8) is 0 Å². The first-order valence-electron chi connectivity index (χ1n) is 3.85. The molecule has 1 radical (unpaired) electrons. The van der Waals surface area contributed by atoms with Gasteiger partial charge in [0.1, 0.15) is 0 Å². The summed E-state index contributed by atoms with van der Waals surface area (Å²) in [5, 5.41) is 13.0. The SMILES string of the molecule is COC[C@H](O)Cn1ncc[c]c1=O. The molecule has 1 aromatic heterocycles. The maximum atomic E-state index is 11.1. The molecule has 0 aliphatic carbocycles. The lowest BCUT2D eigenvalue weighted by Gasteiger charge is -2.09. The molecule has 1 atom stereocenters. The number of methoxy groups -OCH3 is 1. The van der Waals surface area contributed by atoms with Crippen LogP contribution in [0, 0.1) is 6.07 Å². The standard InChI is InChI=1S/C8H11N2O3/c1-13-6-7(11)5-10-8(12)3-2-4-9-10/h2,4,7,11H,5-6H2,1H3/t7-/m1/s1. The van der Waals surface area contributed by atoms with Crippen LogP contribution in [-0.2, 0) is 11.3 Å². The molecule has 71 valence electrons. The lowest BCUT2D eigenvalue weighted by Crippen LogP contribution is -2.30. The van der Waals surface area contributed by atoms with Gasteiger partial charge in [-0.25, -0.2) is 4.68 Å². The molecule has 0 fully saturated rings. The van der Waals surface area contributed by atoms with Crippen molar-refractivity contribution in [3.8, 4) is 0 Å². The van der Waals surface area contributed by atoms with Crippen LogP contribution < -0.4 is 5.56 Å². The molecule has 0 aromatic carbocycles. The minimum Gasteiger partial charge on any atom is -0.389 e. The van der Waals surface area contributed by atoms with Crippen LogP contribution in [0.3, 0.4) is 0 Å². The van der Waals surface area contributed by atoms with Crippen molar-refractivity contribution in [1.82, 2.24) is 9.78 Å². The molecule has 13 heavy (non-hydrogen) atoms. The summed E-state index contributed by atoms with van der Waals surface area (Å²) < 4.78 is 5.85. The molecular weight excluding hydrogens is 172 g/mol. The fourth-order valence-corrected chi connectivity index (χ4v) is 0.924. The summed E-state index contributed by atoms with van der Waals surface area (Å²) in [5.41, 5.74) is -0.349. The van der Waals surface area contributed by atoms with E-state index in [1.807, 2.05) is 0 Å². The third-order valence-electron chi connectivity index (χ3n) is 1.46. The second kappa shape index (κ2) is 4.74. The third kappa shape index (κ3) is 2.96. The van der Waals surface area contributed by atoms with E-state index in [2.05, 4.69) is 11.2 Å². The summed E-state index contributed by atoms with van der Waals surface area (Å²) in [5.74, 6) is 0. The van der Waals surface area contributed by atoms with Crippen LogP contribution in [0.5, 0.6) is 0 Å². The Kier molecular flexibility index (Phi) is 3.60. The summed E-state index contributed by atoms with van der Waals surface area (Å²) in [6.07, 6.45) is 0.729. The molecule has 0 bridgehead atoms. The first kappa shape index (κ1) is 9.88. The Bertz CT molecular complexity index is 310. The van der Waals surface area contributed by atoms with E-state index < -0.39 is 6.10 Å². The van der Waals surface area contributed by atoms with Gasteiger partial charge in [-0.05, 0) is 6.07 Å². The van der Waals surface area contributed by atoms with Gasteiger partial charge < -0.3 is 9.84 Å². The average Bonchev–Trinajstić information content (AvgIpc) is 2.09. The van der Waals surface area contributed by atoms with Crippen molar-refractivity contribution in [1.29, 1.82) is 0 Å². The molecule has 5 heteroatoms. The Morgan fingerprint density at radius 2 is 2.62 bits per heavy atom. The van der Waals surface area contributed by atoms with Crippen molar-refractivity contribution in [2.45, 2.75) is 12.6 Å². The van der Waals surface area contributed by atoms with E-state index in [1.165, 1.54) is 19.4 Å². The summed E-state index contributed by atoms with van der Waals surface area (Å²) in [6.45, 7) is 0.313. The fraction of sp³-hybridized carbons (Fsp3) is 0.500. The molecule has 1 N–H and O–H groups in total. The van der Waals surface area contributed by atoms with Gasteiger partial charge >= 0.3 is 0 Å². The predicted molar refractivity (Wildman–Crippen MR) is 45.2 cm³/mol. The summed E-state index contributed by atoms with van der Waals surface area (Å²) in [6, 6.07) is 3.87. The number of aromatic nitrogens is 2. The van der Waals surface area contributed by atoms with Crippen LogP contribution >= 0.6 is 0 Å². The largest absolute Gasteiger partial charge is 0.389 e. The van der Waals surface area contributed by atoms with Gasteiger partial charge in [0.25, 0.3) is 5.56 Å². The van der Waals surface area contributed by atoms with E-state index in [0.717, 1.165) is 4.68 Å². The molecule has 0 spiro atoms. The van der Waals surface area contributed by atoms with Gasteiger partial charge in [-0.1, -0.05) is 0 Å². The summed E-state index contributed by atoms with van der Waals surface area (Å²) in [4.78, 5) is 11.1. The van der Waals surface area contributed by atoms with Crippen molar-refractivity contribution >= 4 is 0 Å². The Balaban J connectivity index is 2.63. The van der Waals surface area contributed by atoms with Gasteiger partial charge in [-0.15, -0.1) is 0 Å². The van der Waals surface area contributed by atoms with Crippen molar-refractivity contribution in [2.75, 3.05) is 13.7 Å². The monoisotopic (exact) mass is 183 g/mol. The van der Waals surface area contributed by atoms with E-state index in [9.17, 15) is 9.90 Å². The second-order valence-corrected chi connectivity index (χ2v) is 2.57. The smallest absolute Gasteiger partial charge is 0.274 e. The van der Waals surface area contributed by atoms with E-state index in [-0.39, 0.29) is 18.7 Å². The molecule has 1 heterocycles. The minimum atomic E-state index is -0.717. The topological polar surface area (TPSA) is 64.3 Å². The molecular formula is C8H11N2O3. The lowest BCUT2D eigenvalue weighted by molar-refractivity contribution is 0.0504. The Labute approximate surface area is 75.6 Å². The second-order valence-electron chi connectivity index (χ2n) is 2.57. The van der Waals surface area contributed by atoms with Gasteiger partial charge in [0.05, 0.1) is 25.3 Å². The molecule has 1 aromatic rings. The lowest BCUT2D eigenvalue weighted by atomic mass is 10.4. The highest BCUT2D eigenvalue weighted by molar-refractivity contribution is 4.82. The molecule has 0 saturated heterocycles. The molecule has 0 amide bonds. The zero-order valence-corrected chi connectivity index (χ0v) is 7.30. The molecule has 5 nitrogen and oxygen atoms in total. The van der Waals surface area contributed by atoms with Crippen LogP contribution in [-0.4, -0.2) is 34.7 Å². The Morgan fingerprint density at radius 3 is 3.23 bits per heavy atom. The quantitative estimate of drug-likeness (QED) is 0.653. The van der Waals surface area contributed by atoms with E-state index >= 15 is 0 Å². The van der Waals surface area contributed by atoms with E-state index in [1.54, 1.807) is 0 Å². The van der Waals surface area contributed by atoms with Crippen LogP contribution in [0.1, 0.15) is 0 Å². The minimum absolute atomic E-state index is 0.129. The highest BCUT2D eigenvalue weighted by Gasteiger charge is 2.05. The first-order chi connectivity index (χ1) is 6.24. The number of aliphatic hydroxyl groups excluding tert-OH is 1. The normalized spacial score (nSPS) is 12.8. The molecule has 0 unspecified atom stereocenters. The zero-order chi connectivity index (χ0) is 9.68. The van der Waals surface area contributed by atoms with Crippen molar-refractivity contribution < 1.29 is 9.84 Å². The van der Waals surface area contributed by atoms with Gasteiger partial charge in [-0.2, -0.15) is 5.10 Å². The molecule has 0 saturated carbocycles. The fourth-order valence-electron chi connectivity index (χ4n) is 0.924. The first-order valence-corrected chi connectivity index (χ1v) is 3.85. The van der Waals surface area contributed by atoms with Crippen LogP contribution in [0.25, 0.3) is 0 Å². The van der Waals surface area contributed by atoms with Crippen LogP contribution in [0.15, 0.2) is 17.1 Å². The number of rotatable bonds is 4. The number of ether oxygens (including phenoxy) is 1. The number of hydrogen-bond donors (Lipinski definition) is 1. The number of hydrogen-bond acceptors (Lipinski definition) is 4. The van der Waals surface area contributed by atoms with Gasteiger partial charge in [0.15, 0.2) is 0 Å². The summed E-state index contributed by atoms with van der Waals surface area (Å²) >= 11 is 0. The van der Waals surface area contributed by atoms with Crippen molar-refractivity contribution in [2.24, 2.45) is 0 Å². The maximum Gasteiger partial charge on any atom is 0.274 e. The molecule has 0 aliphatic heterocycles. The third-order valence-corrected chi connectivity index (χ3v) is 1.46. The average molecular weight is 183 g/mol. The number of nitrogens with zero attached hydrogens (tertiary/aromatic N) is 2. The zero-order valence-electron chi connectivity index (χ0n) is 7.30. The highest BCUT2D eigenvalue weighted by atomic mass is 16.5. The van der Waals surface area contributed by atoms with E-state index in [0.29, 0.717) is 0 Å². The highest BCUT2D eigenvalue weighted by Crippen LogP contribution is 1.86. The molecule has 1 rings (SSSR count). The van der Waals surface area contributed by atoms with Gasteiger partial charge in [-0.3, -0.25) is 4.79 Å². The number of aliphatic hydroxyl groups is 1. The Morgan fingerprint density at radius 1 is 1.85 bits per heavy atom. The maximum absolute atomic E-state index is 11.1. The van der Waals surface area contributed by atoms with Crippen molar-refractivity contribution in [3.05, 3.63) is 28.7 Å². The van der Waals surface area contributed by atoms with E-state index in [4.69, 9.17) is 4.74 Å². The molecule has 0 aliphatic rings. The predicted octanol–water partition coefficient (Wildman–Crippen LogP) is -0.949. The van der Waals surface area contributed by atoms with Gasteiger partial charge in [0.2, 0.25) is 0 Å². The van der Waals surface area contributed by atoms with Gasteiger partial charge in [0, 0.05) is 13.3 Å². The Hall–Kier alpha value is -1.20. The van der Waals surface area contributed by atoms with Crippen LogP contribution in [0.2, 0.25) is 0 Å². The van der Waals surface area contributed by atoms with Crippen LogP contribution in [0.4, 0.5) is 0 Å². The summed E-state index contributed by atoms with van der Waals surface area (Å²) in [7, 11) is 1.48.